The van der Waals surface area contributed by atoms with E-state index in [0.29, 0.717) is 17.6 Å². The van der Waals surface area contributed by atoms with Gasteiger partial charge >= 0.3 is 0 Å². The molecular formula is C20H19N7O2. The lowest BCUT2D eigenvalue weighted by Crippen LogP contribution is -2.25. The van der Waals surface area contributed by atoms with Crippen LogP contribution < -0.4 is 10.2 Å². The van der Waals surface area contributed by atoms with Crippen LogP contribution in [0, 0.1) is 6.92 Å². The van der Waals surface area contributed by atoms with E-state index in [-0.39, 0.29) is 6.04 Å². The number of nitrogens with zero attached hydrogens (tertiary/aromatic N) is 6. The third-order valence-electron chi connectivity index (χ3n) is 4.83. The Morgan fingerprint density at radius 2 is 2.03 bits per heavy atom. The van der Waals surface area contributed by atoms with Crippen LogP contribution in [0.1, 0.15) is 30.3 Å². The summed E-state index contributed by atoms with van der Waals surface area (Å²) in [6, 6.07) is 11.3. The molecule has 1 aliphatic heterocycles. The van der Waals surface area contributed by atoms with Crippen molar-refractivity contribution in [2.24, 2.45) is 0 Å². The highest BCUT2D eigenvalue weighted by atomic mass is 16.5. The maximum Gasteiger partial charge on any atom is 0.228 e. The Balaban J connectivity index is 1.42. The summed E-state index contributed by atoms with van der Waals surface area (Å²) >= 11 is 0. The average Bonchev–Trinajstić information content (AvgIpc) is 3.49. The number of pyridine rings is 1. The fourth-order valence-corrected chi connectivity index (χ4v) is 3.54. The summed E-state index contributed by atoms with van der Waals surface area (Å²) in [5.41, 5.74) is 2.38. The van der Waals surface area contributed by atoms with Crippen LogP contribution in [0.2, 0.25) is 0 Å². The fraction of sp³-hybridized carbons (Fsp3) is 0.250. The van der Waals surface area contributed by atoms with Crippen LogP contribution in [0.5, 0.6) is 0 Å². The Morgan fingerprint density at radius 3 is 2.86 bits per heavy atom. The third-order valence-corrected chi connectivity index (χ3v) is 4.83. The number of anilines is 3. The molecule has 146 valence electrons. The SMILES string of the molecule is Cc1cc(Nc2ccon2)nc(N2CCC[C@H]2c2cc(-c3ccccn3)no2)n1. The second kappa shape index (κ2) is 7.34. The van der Waals surface area contributed by atoms with E-state index < -0.39 is 0 Å². The molecule has 0 amide bonds. The van der Waals surface area contributed by atoms with E-state index in [1.807, 2.05) is 37.3 Å². The van der Waals surface area contributed by atoms with Crippen LogP contribution in [0.4, 0.5) is 17.6 Å². The molecule has 1 atom stereocenters. The number of aromatic nitrogens is 5. The fourth-order valence-electron chi connectivity index (χ4n) is 3.54. The zero-order valence-electron chi connectivity index (χ0n) is 15.8. The van der Waals surface area contributed by atoms with Crippen molar-refractivity contribution in [1.29, 1.82) is 0 Å². The van der Waals surface area contributed by atoms with Crippen molar-refractivity contribution >= 4 is 17.6 Å². The molecule has 0 saturated carbocycles. The normalized spacial score (nSPS) is 16.3. The monoisotopic (exact) mass is 389 g/mol. The van der Waals surface area contributed by atoms with Crippen molar-refractivity contribution in [3.8, 4) is 11.4 Å². The van der Waals surface area contributed by atoms with Gasteiger partial charge in [0, 0.05) is 36.6 Å². The molecule has 0 aromatic carbocycles. The van der Waals surface area contributed by atoms with E-state index in [0.717, 1.165) is 42.2 Å². The molecule has 0 aliphatic carbocycles. The van der Waals surface area contributed by atoms with Gasteiger partial charge in [0.25, 0.3) is 0 Å². The molecule has 0 radical (unpaired) electrons. The second-order valence-corrected chi connectivity index (χ2v) is 6.89. The number of hydrogen-bond donors (Lipinski definition) is 1. The quantitative estimate of drug-likeness (QED) is 0.543. The molecule has 5 rings (SSSR count). The number of hydrogen-bond acceptors (Lipinski definition) is 9. The van der Waals surface area contributed by atoms with E-state index in [9.17, 15) is 0 Å². The third kappa shape index (κ3) is 3.54. The van der Waals surface area contributed by atoms with Gasteiger partial charge in [0.05, 0.1) is 11.7 Å². The predicted octanol–water partition coefficient (Wildman–Crippen LogP) is 3.91. The van der Waals surface area contributed by atoms with Gasteiger partial charge in [-0.1, -0.05) is 16.4 Å². The minimum Gasteiger partial charge on any atom is -0.363 e. The first-order valence-corrected chi connectivity index (χ1v) is 9.44. The smallest absolute Gasteiger partial charge is 0.228 e. The van der Waals surface area contributed by atoms with Crippen molar-refractivity contribution in [2.45, 2.75) is 25.8 Å². The minimum absolute atomic E-state index is 0.0293. The molecule has 5 heterocycles. The van der Waals surface area contributed by atoms with Crippen LogP contribution in [-0.2, 0) is 0 Å². The molecule has 1 fully saturated rings. The lowest BCUT2D eigenvalue weighted by atomic mass is 10.1. The predicted molar refractivity (Wildman–Crippen MR) is 106 cm³/mol. The first-order valence-electron chi connectivity index (χ1n) is 9.44. The Bertz CT molecular complexity index is 1100. The summed E-state index contributed by atoms with van der Waals surface area (Å²) < 4.78 is 10.5. The summed E-state index contributed by atoms with van der Waals surface area (Å²) in [6.45, 7) is 2.79. The molecule has 1 aliphatic rings. The summed E-state index contributed by atoms with van der Waals surface area (Å²) in [5.74, 6) is 2.70. The number of rotatable bonds is 5. The van der Waals surface area contributed by atoms with E-state index in [2.05, 4.69) is 35.5 Å². The summed E-state index contributed by atoms with van der Waals surface area (Å²) in [6.07, 6.45) is 5.22. The van der Waals surface area contributed by atoms with Gasteiger partial charge in [0.2, 0.25) is 5.95 Å². The Morgan fingerprint density at radius 1 is 1.07 bits per heavy atom. The van der Waals surface area contributed by atoms with E-state index in [1.165, 1.54) is 6.26 Å². The Hall–Kier alpha value is -3.75. The van der Waals surface area contributed by atoms with Crippen molar-refractivity contribution in [1.82, 2.24) is 25.3 Å². The van der Waals surface area contributed by atoms with Crippen LogP contribution >= 0.6 is 0 Å². The van der Waals surface area contributed by atoms with E-state index >= 15 is 0 Å². The average molecular weight is 389 g/mol. The van der Waals surface area contributed by atoms with Gasteiger partial charge in [-0.25, -0.2) is 4.98 Å². The lowest BCUT2D eigenvalue weighted by molar-refractivity contribution is 0.362. The minimum atomic E-state index is 0.0293. The Kier molecular flexibility index (Phi) is 4.39. The molecule has 9 heteroatoms. The zero-order valence-corrected chi connectivity index (χ0v) is 15.8. The molecular weight excluding hydrogens is 370 g/mol. The summed E-state index contributed by atoms with van der Waals surface area (Å²) in [7, 11) is 0. The zero-order chi connectivity index (χ0) is 19.6. The first-order chi connectivity index (χ1) is 14.3. The van der Waals surface area contributed by atoms with Crippen LogP contribution in [-0.4, -0.2) is 31.8 Å². The molecule has 1 saturated heterocycles. The van der Waals surface area contributed by atoms with Crippen molar-refractivity contribution < 1.29 is 9.05 Å². The van der Waals surface area contributed by atoms with Gasteiger partial charge < -0.3 is 19.3 Å². The van der Waals surface area contributed by atoms with E-state index in [4.69, 9.17) is 9.05 Å². The summed E-state index contributed by atoms with van der Waals surface area (Å²) in [4.78, 5) is 15.8. The van der Waals surface area contributed by atoms with E-state index in [1.54, 1.807) is 12.3 Å². The Labute approximate surface area is 166 Å². The highest BCUT2D eigenvalue weighted by molar-refractivity contribution is 5.55. The highest BCUT2D eigenvalue weighted by Gasteiger charge is 2.32. The number of nitrogens with one attached hydrogen (secondary N) is 1. The van der Waals surface area contributed by atoms with Crippen LogP contribution in [0.3, 0.4) is 0 Å². The van der Waals surface area contributed by atoms with Crippen LogP contribution in [0.25, 0.3) is 11.4 Å². The standard InChI is InChI=1S/C20H19N7O2/c1-13-11-19(23-18-7-10-28-26-18)24-20(22-13)27-9-4-6-16(27)17-12-15(25-29-17)14-5-2-3-8-21-14/h2-3,5,7-8,10-12,16H,4,6,9H2,1H3,(H,22,23,24,26)/t16-/m0/s1. The van der Waals surface area contributed by atoms with Crippen molar-refractivity contribution in [3.63, 3.8) is 0 Å². The molecule has 29 heavy (non-hydrogen) atoms. The molecule has 4 aromatic rings. The molecule has 9 nitrogen and oxygen atoms in total. The van der Waals surface area contributed by atoms with Crippen molar-refractivity contribution in [2.75, 3.05) is 16.8 Å². The van der Waals surface area contributed by atoms with Gasteiger partial charge in [-0.2, -0.15) is 4.98 Å². The van der Waals surface area contributed by atoms with Gasteiger partial charge in [-0.15, -0.1) is 0 Å². The molecule has 4 aromatic heterocycles. The number of aryl methyl sites for hydroxylation is 1. The maximum atomic E-state index is 5.68. The summed E-state index contributed by atoms with van der Waals surface area (Å²) in [5, 5.41) is 11.2. The largest absolute Gasteiger partial charge is 0.363 e. The van der Waals surface area contributed by atoms with Crippen molar-refractivity contribution in [3.05, 3.63) is 60.3 Å². The molecule has 1 N–H and O–H groups in total. The van der Waals surface area contributed by atoms with Crippen LogP contribution in [0.15, 0.2) is 57.9 Å². The van der Waals surface area contributed by atoms with Gasteiger partial charge in [0.15, 0.2) is 11.6 Å². The van der Waals surface area contributed by atoms with Gasteiger partial charge in [-0.05, 0) is 31.9 Å². The maximum absolute atomic E-state index is 5.68. The topological polar surface area (TPSA) is 106 Å². The first kappa shape index (κ1) is 17.4. The van der Waals surface area contributed by atoms with Gasteiger partial charge in [-0.3, -0.25) is 4.98 Å². The highest BCUT2D eigenvalue weighted by Crippen LogP contribution is 2.36. The second-order valence-electron chi connectivity index (χ2n) is 6.89. The lowest BCUT2D eigenvalue weighted by Gasteiger charge is -2.23. The molecule has 0 bridgehead atoms. The molecule has 0 unspecified atom stereocenters. The van der Waals surface area contributed by atoms with Gasteiger partial charge in [0.1, 0.15) is 17.8 Å². The molecule has 0 spiro atoms.